The van der Waals surface area contributed by atoms with Gasteiger partial charge in [0, 0.05) is 12.4 Å². The normalized spacial score (nSPS) is 12.7. The van der Waals surface area contributed by atoms with Gasteiger partial charge in [0.2, 0.25) is 0 Å². The third kappa shape index (κ3) is 1.91. The third-order valence-corrected chi connectivity index (χ3v) is 3.94. The molecular formula is C11H13IN4. The summed E-state index contributed by atoms with van der Waals surface area (Å²) in [6.07, 6.45) is 3.56. The molecule has 0 saturated heterocycles. The Hall–Kier alpha value is -1.11. The van der Waals surface area contributed by atoms with Gasteiger partial charge in [-0.3, -0.25) is 4.98 Å². The maximum atomic E-state index is 6.02. The van der Waals surface area contributed by atoms with Crippen LogP contribution >= 0.6 is 22.6 Å². The van der Waals surface area contributed by atoms with Crippen molar-refractivity contribution in [2.24, 2.45) is 0 Å². The molecule has 0 aliphatic rings. The van der Waals surface area contributed by atoms with E-state index in [-0.39, 0.29) is 6.04 Å². The molecule has 0 fully saturated rings. The van der Waals surface area contributed by atoms with Gasteiger partial charge >= 0.3 is 0 Å². The summed E-state index contributed by atoms with van der Waals surface area (Å²) in [5, 5.41) is 4.45. The van der Waals surface area contributed by atoms with Crippen molar-refractivity contribution in [1.82, 2.24) is 14.8 Å². The molecule has 4 nitrogen and oxygen atoms in total. The summed E-state index contributed by atoms with van der Waals surface area (Å²) in [6.45, 7) is 4.04. The first kappa shape index (κ1) is 11.4. The molecule has 0 aliphatic heterocycles. The highest BCUT2D eigenvalue weighted by Crippen LogP contribution is 2.25. The number of halogens is 1. The van der Waals surface area contributed by atoms with E-state index < -0.39 is 0 Å². The number of nitrogen functional groups attached to an aromatic ring is 1. The van der Waals surface area contributed by atoms with E-state index in [0.717, 1.165) is 20.6 Å². The Kier molecular flexibility index (Phi) is 3.13. The van der Waals surface area contributed by atoms with Crippen LogP contribution in [0.4, 0.5) is 5.82 Å². The number of nitrogens with zero attached hydrogens (tertiary/aromatic N) is 3. The smallest absolute Gasteiger partial charge is 0.136 e. The number of nitrogens with two attached hydrogens (primary N) is 1. The first-order valence-corrected chi connectivity index (χ1v) is 6.09. The van der Waals surface area contributed by atoms with Crippen molar-refractivity contribution >= 4 is 28.4 Å². The van der Waals surface area contributed by atoms with Gasteiger partial charge < -0.3 is 5.73 Å². The van der Waals surface area contributed by atoms with E-state index in [1.807, 2.05) is 23.7 Å². The van der Waals surface area contributed by atoms with Gasteiger partial charge in [0.1, 0.15) is 5.82 Å². The molecule has 0 radical (unpaired) electrons. The molecule has 16 heavy (non-hydrogen) atoms. The fraction of sp³-hybridized carbons (Fsp3) is 0.273. The molecule has 0 spiro atoms. The van der Waals surface area contributed by atoms with Crippen LogP contribution in [0.2, 0.25) is 0 Å². The van der Waals surface area contributed by atoms with Crippen molar-refractivity contribution in [3.05, 3.63) is 39.4 Å². The monoisotopic (exact) mass is 328 g/mol. The lowest BCUT2D eigenvalue weighted by Crippen LogP contribution is -2.11. The predicted octanol–water partition coefficient (Wildman–Crippen LogP) is 2.38. The van der Waals surface area contributed by atoms with Gasteiger partial charge in [-0.05, 0) is 54.1 Å². The summed E-state index contributed by atoms with van der Waals surface area (Å²) in [5.41, 5.74) is 8.14. The molecule has 2 aromatic heterocycles. The lowest BCUT2D eigenvalue weighted by molar-refractivity contribution is 0.568. The maximum absolute atomic E-state index is 6.02. The minimum atomic E-state index is 0.130. The lowest BCUT2D eigenvalue weighted by Gasteiger charge is -2.13. The van der Waals surface area contributed by atoms with Gasteiger partial charge in [0.15, 0.2) is 0 Å². The van der Waals surface area contributed by atoms with Crippen LogP contribution in [0.1, 0.15) is 24.2 Å². The zero-order valence-electron chi connectivity index (χ0n) is 9.18. The van der Waals surface area contributed by atoms with E-state index in [1.165, 1.54) is 0 Å². The summed E-state index contributed by atoms with van der Waals surface area (Å²) in [4.78, 5) is 4.00. The second-order valence-corrected chi connectivity index (χ2v) is 4.76. The molecule has 2 rings (SSSR count). The number of hydrogen-bond acceptors (Lipinski definition) is 3. The number of aryl methyl sites for hydroxylation is 1. The Bertz CT molecular complexity index is 492. The minimum Gasteiger partial charge on any atom is -0.383 e. The molecule has 84 valence electrons. The van der Waals surface area contributed by atoms with Crippen molar-refractivity contribution in [3.63, 3.8) is 0 Å². The summed E-state index contributed by atoms with van der Waals surface area (Å²) >= 11 is 2.22. The highest BCUT2D eigenvalue weighted by molar-refractivity contribution is 14.1. The van der Waals surface area contributed by atoms with Gasteiger partial charge in [-0.2, -0.15) is 5.10 Å². The predicted molar refractivity (Wildman–Crippen MR) is 72.1 cm³/mol. The van der Waals surface area contributed by atoms with Crippen molar-refractivity contribution < 1.29 is 0 Å². The van der Waals surface area contributed by atoms with Gasteiger partial charge in [-0.15, -0.1) is 0 Å². The Labute approximate surface area is 108 Å². The van der Waals surface area contributed by atoms with Gasteiger partial charge in [-0.1, -0.05) is 0 Å². The van der Waals surface area contributed by atoms with Crippen LogP contribution in [0.15, 0.2) is 24.5 Å². The summed E-state index contributed by atoms with van der Waals surface area (Å²) in [6, 6.07) is 4.09. The Morgan fingerprint density at radius 2 is 2.00 bits per heavy atom. The molecule has 0 saturated carbocycles. The van der Waals surface area contributed by atoms with Crippen LogP contribution in [0.5, 0.6) is 0 Å². The molecule has 1 atom stereocenters. The molecule has 2 N–H and O–H groups in total. The van der Waals surface area contributed by atoms with Gasteiger partial charge in [0.05, 0.1) is 15.3 Å². The topological polar surface area (TPSA) is 56.7 Å². The van der Waals surface area contributed by atoms with Crippen LogP contribution < -0.4 is 5.73 Å². The molecule has 2 aromatic rings. The maximum Gasteiger partial charge on any atom is 0.136 e. The molecular weight excluding hydrogens is 315 g/mol. The summed E-state index contributed by atoms with van der Waals surface area (Å²) in [7, 11) is 0. The van der Waals surface area contributed by atoms with Crippen molar-refractivity contribution in [3.8, 4) is 0 Å². The first-order chi connectivity index (χ1) is 7.61. The Morgan fingerprint density at radius 1 is 1.38 bits per heavy atom. The number of hydrogen-bond donors (Lipinski definition) is 1. The second-order valence-electron chi connectivity index (χ2n) is 3.69. The fourth-order valence-corrected chi connectivity index (χ4v) is 1.98. The van der Waals surface area contributed by atoms with E-state index in [0.29, 0.717) is 0 Å². The number of anilines is 1. The van der Waals surface area contributed by atoms with Crippen LogP contribution in [-0.4, -0.2) is 14.8 Å². The highest BCUT2D eigenvalue weighted by atomic mass is 127. The zero-order chi connectivity index (χ0) is 11.7. The third-order valence-electron chi connectivity index (χ3n) is 2.60. The van der Waals surface area contributed by atoms with E-state index in [2.05, 4.69) is 39.6 Å². The largest absolute Gasteiger partial charge is 0.383 e. The molecule has 0 aliphatic carbocycles. The molecule has 2 heterocycles. The standard InChI is InChI=1S/C11H13IN4/c1-7-10(12)11(13)16(15-7)8(2)9-3-5-14-6-4-9/h3-6,8H,13H2,1-2H3. The Balaban J connectivity index is 2.42. The van der Waals surface area contributed by atoms with Crippen molar-refractivity contribution in [2.75, 3.05) is 5.73 Å². The van der Waals surface area contributed by atoms with Crippen LogP contribution in [0, 0.1) is 10.5 Å². The molecule has 5 heteroatoms. The molecule has 0 amide bonds. The SMILES string of the molecule is Cc1nn(C(C)c2ccncc2)c(N)c1I. The van der Waals surface area contributed by atoms with Gasteiger partial charge in [0.25, 0.3) is 0 Å². The quantitative estimate of drug-likeness (QED) is 0.861. The van der Waals surface area contributed by atoms with E-state index in [4.69, 9.17) is 5.73 Å². The molecule has 0 aromatic carbocycles. The van der Waals surface area contributed by atoms with Crippen LogP contribution in [0.25, 0.3) is 0 Å². The number of rotatable bonds is 2. The van der Waals surface area contributed by atoms with Gasteiger partial charge in [-0.25, -0.2) is 4.68 Å². The molecule has 1 unspecified atom stereocenters. The summed E-state index contributed by atoms with van der Waals surface area (Å²) < 4.78 is 2.88. The lowest BCUT2D eigenvalue weighted by atomic mass is 10.1. The number of pyridine rings is 1. The van der Waals surface area contributed by atoms with Crippen LogP contribution in [0.3, 0.4) is 0 Å². The average Bonchev–Trinajstić information content (AvgIpc) is 2.57. The highest BCUT2D eigenvalue weighted by Gasteiger charge is 2.15. The minimum absolute atomic E-state index is 0.130. The fourth-order valence-electron chi connectivity index (χ4n) is 1.62. The Morgan fingerprint density at radius 3 is 2.50 bits per heavy atom. The van der Waals surface area contributed by atoms with Crippen molar-refractivity contribution in [1.29, 1.82) is 0 Å². The van der Waals surface area contributed by atoms with E-state index >= 15 is 0 Å². The summed E-state index contributed by atoms with van der Waals surface area (Å²) in [5.74, 6) is 0.724. The van der Waals surface area contributed by atoms with E-state index in [1.54, 1.807) is 12.4 Å². The zero-order valence-corrected chi connectivity index (χ0v) is 11.3. The van der Waals surface area contributed by atoms with Crippen LogP contribution in [-0.2, 0) is 0 Å². The van der Waals surface area contributed by atoms with E-state index in [9.17, 15) is 0 Å². The average molecular weight is 328 g/mol. The first-order valence-electron chi connectivity index (χ1n) is 5.01. The van der Waals surface area contributed by atoms with Crippen molar-refractivity contribution in [2.45, 2.75) is 19.9 Å². The molecule has 0 bridgehead atoms. The number of aromatic nitrogens is 3. The second kappa shape index (κ2) is 4.40.